The van der Waals surface area contributed by atoms with Gasteiger partial charge in [0.05, 0.1) is 0 Å². The Morgan fingerprint density at radius 3 is 1.69 bits per heavy atom. The fourth-order valence-electron chi connectivity index (χ4n) is 1.60. The summed E-state index contributed by atoms with van der Waals surface area (Å²) in [5.41, 5.74) is 3.64. The topological polar surface area (TPSA) is 72.0 Å². The van der Waals surface area contributed by atoms with Gasteiger partial charge >= 0.3 is 7.12 Å². The normalized spacial score (nSPS) is 9.31. The van der Waals surface area contributed by atoms with Gasteiger partial charge in [-0.25, -0.2) is 0 Å². The first-order chi connectivity index (χ1) is 5.52. The van der Waals surface area contributed by atoms with Gasteiger partial charge in [0.2, 0.25) is 0 Å². The first-order valence-electron chi connectivity index (χ1n) is 3.96. The van der Waals surface area contributed by atoms with Gasteiger partial charge in [0.15, 0.2) is 0 Å². The van der Waals surface area contributed by atoms with Crippen molar-refractivity contribution in [1.82, 2.24) is 0 Å². The molecule has 13 heavy (non-hydrogen) atoms. The van der Waals surface area contributed by atoms with Crippen molar-refractivity contribution < 1.29 is 15.5 Å². The highest BCUT2D eigenvalue weighted by atomic mass is 16.4. The summed E-state index contributed by atoms with van der Waals surface area (Å²) in [5.74, 6) is 0. The third-order valence-corrected chi connectivity index (χ3v) is 2.00. The van der Waals surface area contributed by atoms with Crippen LogP contribution in [-0.2, 0) is 0 Å². The van der Waals surface area contributed by atoms with E-state index in [1.165, 1.54) is 0 Å². The van der Waals surface area contributed by atoms with Crippen molar-refractivity contribution in [1.29, 1.82) is 0 Å². The lowest BCUT2D eigenvalue weighted by Gasteiger charge is -2.09. The lowest BCUT2D eigenvalue weighted by Crippen LogP contribution is -2.34. The molecule has 0 unspecified atom stereocenters. The highest BCUT2D eigenvalue weighted by molar-refractivity contribution is 6.59. The summed E-state index contributed by atoms with van der Waals surface area (Å²) in [7, 11) is -1.36. The minimum Gasteiger partial charge on any atom is -0.423 e. The molecule has 3 nitrogen and oxygen atoms in total. The summed E-state index contributed by atoms with van der Waals surface area (Å²) in [6.45, 7) is 5.76. The zero-order valence-corrected chi connectivity index (χ0v) is 8.13. The van der Waals surface area contributed by atoms with Gasteiger partial charge < -0.3 is 15.5 Å². The standard InChI is InChI=1S/C9H13BO2.H2O/c1-6-4-7(2)9(10(11)12)8(3)5-6;/h4-5,11-12H,1-3H3;1H2. The first-order valence-corrected chi connectivity index (χ1v) is 3.96. The van der Waals surface area contributed by atoms with Crippen molar-refractivity contribution in [2.45, 2.75) is 20.8 Å². The zero-order chi connectivity index (χ0) is 9.30. The van der Waals surface area contributed by atoms with Crippen LogP contribution in [-0.4, -0.2) is 22.6 Å². The van der Waals surface area contributed by atoms with E-state index in [-0.39, 0.29) is 5.48 Å². The van der Waals surface area contributed by atoms with Gasteiger partial charge in [-0.2, -0.15) is 0 Å². The second-order valence-electron chi connectivity index (χ2n) is 3.19. The molecule has 0 atom stereocenters. The predicted molar refractivity (Wildman–Crippen MR) is 54.1 cm³/mol. The van der Waals surface area contributed by atoms with Crippen molar-refractivity contribution in [2.75, 3.05) is 0 Å². The summed E-state index contributed by atoms with van der Waals surface area (Å²) in [6, 6.07) is 3.89. The highest BCUT2D eigenvalue weighted by Crippen LogP contribution is 2.05. The van der Waals surface area contributed by atoms with Gasteiger partial charge in [-0.1, -0.05) is 28.8 Å². The van der Waals surface area contributed by atoms with E-state index >= 15 is 0 Å². The van der Waals surface area contributed by atoms with Crippen molar-refractivity contribution >= 4 is 12.6 Å². The molecule has 72 valence electrons. The van der Waals surface area contributed by atoms with Gasteiger partial charge in [0.25, 0.3) is 0 Å². The van der Waals surface area contributed by atoms with Crippen molar-refractivity contribution in [2.24, 2.45) is 0 Å². The molecule has 0 fully saturated rings. The Labute approximate surface area is 78.5 Å². The molecular weight excluding hydrogens is 167 g/mol. The minimum atomic E-state index is -1.36. The third-order valence-electron chi connectivity index (χ3n) is 2.00. The van der Waals surface area contributed by atoms with E-state index < -0.39 is 7.12 Å². The lowest BCUT2D eigenvalue weighted by atomic mass is 9.74. The van der Waals surface area contributed by atoms with E-state index in [1.54, 1.807) is 0 Å². The van der Waals surface area contributed by atoms with Crippen molar-refractivity contribution in [3.8, 4) is 0 Å². The molecule has 0 aromatic heterocycles. The Morgan fingerprint density at radius 2 is 1.38 bits per heavy atom. The van der Waals surface area contributed by atoms with Crippen molar-refractivity contribution in [3.05, 3.63) is 28.8 Å². The summed E-state index contributed by atoms with van der Waals surface area (Å²) in [4.78, 5) is 0. The maximum Gasteiger partial charge on any atom is 0.488 e. The van der Waals surface area contributed by atoms with Gasteiger partial charge in [-0.3, -0.25) is 0 Å². The van der Waals surface area contributed by atoms with Crippen LogP contribution in [0.3, 0.4) is 0 Å². The van der Waals surface area contributed by atoms with Crippen LogP contribution >= 0.6 is 0 Å². The first kappa shape index (κ1) is 12.2. The molecule has 1 rings (SSSR count). The summed E-state index contributed by atoms with van der Waals surface area (Å²) in [6.07, 6.45) is 0. The number of hydrogen-bond acceptors (Lipinski definition) is 2. The molecule has 0 saturated heterocycles. The summed E-state index contributed by atoms with van der Waals surface area (Å²) >= 11 is 0. The second kappa shape index (κ2) is 4.41. The fourth-order valence-corrected chi connectivity index (χ4v) is 1.60. The molecule has 0 aliphatic heterocycles. The number of hydrogen-bond donors (Lipinski definition) is 2. The van der Waals surface area contributed by atoms with Gasteiger partial charge in [0.1, 0.15) is 0 Å². The quantitative estimate of drug-likeness (QED) is 0.573. The van der Waals surface area contributed by atoms with E-state index in [9.17, 15) is 0 Å². The Morgan fingerprint density at radius 1 is 1.00 bits per heavy atom. The van der Waals surface area contributed by atoms with Crippen LogP contribution in [0.1, 0.15) is 16.7 Å². The Kier molecular flexibility index (Phi) is 4.13. The fraction of sp³-hybridized carbons (Fsp3) is 0.333. The van der Waals surface area contributed by atoms with Crippen molar-refractivity contribution in [3.63, 3.8) is 0 Å². The van der Waals surface area contributed by atoms with Gasteiger partial charge in [0, 0.05) is 0 Å². The molecule has 1 aromatic rings. The second-order valence-corrected chi connectivity index (χ2v) is 3.19. The molecule has 0 saturated carbocycles. The van der Waals surface area contributed by atoms with Gasteiger partial charge in [-0.15, -0.1) is 0 Å². The molecule has 0 aliphatic carbocycles. The van der Waals surface area contributed by atoms with E-state index in [4.69, 9.17) is 10.0 Å². The number of benzene rings is 1. The highest BCUT2D eigenvalue weighted by Gasteiger charge is 2.16. The van der Waals surface area contributed by atoms with Crippen LogP contribution in [0.2, 0.25) is 0 Å². The van der Waals surface area contributed by atoms with E-state index in [0.29, 0.717) is 5.46 Å². The monoisotopic (exact) mass is 182 g/mol. The Balaban J connectivity index is 0.00000144. The van der Waals surface area contributed by atoms with Crippen LogP contribution in [0.5, 0.6) is 0 Å². The van der Waals surface area contributed by atoms with Crippen LogP contribution < -0.4 is 5.46 Å². The predicted octanol–water partition coefficient (Wildman–Crippen LogP) is -0.533. The number of rotatable bonds is 1. The third kappa shape index (κ3) is 2.55. The molecule has 0 radical (unpaired) electrons. The maximum atomic E-state index is 9.03. The molecule has 0 bridgehead atoms. The number of aryl methyl sites for hydroxylation is 3. The molecule has 0 amide bonds. The summed E-state index contributed by atoms with van der Waals surface area (Å²) in [5, 5.41) is 18.1. The SMILES string of the molecule is Cc1cc(C)c(B(O)O)c(C)c1.O. The molecular formula is C9H15BO3. The molecule has 0 aliphatic rings. The van der Waals surface area contributed by atoms with Gasteiger partial charge in [-0.05, 0) is 26.2 Å². The zero-order valence-electron chi connectivity index (χ0n) is 8.13. The average Bonchev–Trinajstić information content (AvgIpc) is 1.82. The maximum absolute atomic E-state index is 9.03. The smallest absolute Gasteiger partial charge is 0.423 e. The van der Waals surface area contributed by atoms with Crippen LogP contribution in [0, 0.1) is 20.8 Å². The van der Waals surface area contributed by atoms with E-state index in [0.717, 1.165) is 16.7 Å². The van der Waals surface area contributed by atoms with Crippen LogP contribution in [0.25, 0.3) is 0 Å². The molecule has 4 N–H and O–H groups in total. The average molecular weight is 182 g/mol. The Bertz CT molecular complexity index is 274. The van der Waals surface area contributed by atoms with E-state index in [1.807, 2.05) is 32.9 Å². The molecule has 0 spiro atoms. The molecule has 0 heterocycles. The Hall–Kier alpha value is -0.835. The van der Waals surface area contributed by atoms with Crippen LogP contribution in [0.4, 0.5) is 0 Å². The van der Waals surface area contributed by atoms with E-state index in [2.05, 4.69) is 0 Å². The van der Waals surface area contributed by atoms with Crippen LogP contribution in [0.15, 0.2) is 12.1 Å². The largest absolute Gasteiger partial charge is 0.488 e. The minimum absolute atomic E-state index is 0. The lowest BCUT2D eigenvalue weighted by molar-refractivity contribution is 0.425. The summed E-state index contributed by atoms with van der Waals surface area (Å²) < 4.78 is 0. The molecule has 4 heteroatoms. The molecule has 1 aromatic carbocycles.